The predicted molar refractivity (Wildman–Crippen MR) is 219 cm³/mol. The molecule has 0 spiro atoms. The van der Waals surface area contributed by atoms with Gasteiger partial charge in [0.25, 0.3) is 0 Å². The van der Waals surface area contributed by atoms with Gasteiger partial charge in [-0.25, -0.2) is 15.0 Å². The second-order valence-corrected chi connectivity index (χ2v) is 13.5. The maximum Gasteiger partial charge on any atom is 0.164 e. The lowest BCUT2D eigenvalue weighted by Crippen LogP contribution is -2.00. The molecular formula is C49H29N3O2. The minimum atomic E-state index is 0.573. The zero-order chi connectivity index (χ0) is 35.6. The lowest BCUT2D eigenvalue weighted by Gasteiger charge is -2.11. The molecule has 0 atom stereocenters. The van der Waals surface area contributed by atoms with Crippen molar-refractivity contribution in [3.63, 3.8) is 0 Å². The van der Waals surface area contributed by atoms with Gasteiger partial charge in [0.1, 0.15) is 22.3 Å². The minimum Gasteiger partial charge on any atom is -0.455 e. The van der Waals surface area contributed by atoms with Gasteiger partial charge in [-0.3, -0.25) is 0 Å². The van der Waals surface area contributed by atoms with Crippen LogP contribution >= 0.6 is 0 Å². The van der Waals surface area contributed by atoms with E-state index < -0.39 is 0 Å². The fraction of sp³-hybridized carbons (Fsp3) is 0. The van der Waals surface area contributed by atoms with Crippen LogP contribution in [0.4, 0.5) is 0 Å². The van der Waals surface area contributed by atoms with Gasteiger partial charge >= 0.3 is 0 Å². The third kappa shape index (κ3) is 4.83. The first kappa shape index (κ1) is 30.3. The van der Waals surface area contributed by atoms with Crippen molar-refractivity contribution < 1.29 is 8.83 Å². The quantitative estimate of drug-likeness (QED) is 0.180. The lowest BCUT2D eigenvalue weighted by atomic mass is 9.97. The molecular weight excluding hydrogens is 663 g/mol. The van der Waals surface area contributed by atoms with E-state index in [1.807, 2.05) is 42.5 Å². The van der Waals surface area contributed by atoms with E-state index in [0.717, 1.165) is 93.6 Å². The third-order valence-corrected chi connectivity index (χ3v) is 10.4. The van der Waals surface area contributed by atoms with E-state index in [4.69, 9.17) is 23.8 Å². The molecule has 0 aliphatic carbocycles. The number of aromatic nitrogens is 3. The van der Waals surface area contributed by atoms with Crippen LogP contribution in [0.2, 0.25) is 0 Å². The van der Waals surface area contributed by atoms with Crippen molar-refractivity contribution in [3.05, 3.63) is 176 Å². The third-order valence-electron chi connectivity index (χ3n) is 10.4. The predicted octanol–water partition coefficient (Wildman–Crippen LogP) is 13.2. The Bertz CT molecular complexity index is 3080. The highest BCUT2D eigenvalue weighted by Gasteiger charge is 2.24. The molecule has 0 aliphatic rings. The molecule has 11 aromatic rings. The molecule has 3 heterocycles. The molecule has 8 aromatic carbocycles. The summed E-state index contributed by atoms with van der Waals surface area (Å²) in [6.45, 7) is 0. The van der Waals surface area contributed by atoms with E-state index in [-0.39, 0.29) is 0 Å². The second-order valence-electron chi connectivity index (χ2n) is 13.5. The van der Waals surface area contributed by atoms with E-state index in [0.29, 0.717) is 17.5 Å². The normalized spacial score (nSPS) is 11.7. The Hall–Kier alpha value is -7.37. The fourth-order valence-electron chi connectivity index (χ4n) is 7.77. The van der Waals surface area contributed by atoms with E-state index in [9.17, 15) is 0 Å². The van der Waals surface area contributed by atoms with Crippen LogP contribution in [-0.4, -0.2) is 15.0 Å². The first-order chi connectivity index (χ1) is 26.8. The topological polar surface area (TPSA) is 65.0 Å². The van der Waals surface area contributed by atoms with Crippen molar-refractivity contribution in [2.24, 2.45) is 0 Å². The summed E-state index contributed by atoms with van der Waals surface area (Å²) >= 11 is 0. The van der Waals surface area contributed by atoms with Crippen LogP contribution in [0, 0.1) is 0 Å². The van der Waals surface area contributed by atoms with Gasteiger partial charge in [0.15, 0.2) is 17.5 Å². The molecule has 0 fully saturated rings. The van der Waals surface area contributed by atoms with Gasteiger partial charge in [0.2, 0.25) is 0 Å². The van der Waals surface area contributed by atoms with E-state index in [2.05, 4.69) is 133 Å². The molecule has 11 rings (SSSR count). The van der Waals surface area contributed by atoms with E-state index >= 15 is 0 Å². The molecule has 0 amide bonds. The van der Waals surface area contributed by atoms with E-state index in [1.54, 1.807) is 0 Å². The van der Waals surface area contributed by atoms with Crippen LogP contribution in [0.3, 0.4) is 0 Å². The Morgan fingerprint density at radius 2 is 0.741 bits per heavy atom. The Morgan fingerprint density at radius 3 is 1.37 bits per heavy atom. The summed E-state index contributed by atoms with van der Waals surface area (Å²) in [4.78, 5) is 15.5. The highest BCUT2D eigenvalue weighted by molar-refractivity contribution is 6.34. The first-order valence-electron chi connectivity index (χ1n) is 18.0. The number of benzene rings is 8. The van der Waals surface area contributed by atoms with Crippen LogP contribution in [-0.2, 0) is 0 Å². The monoisotopic (exact) mass is 691 g/mol. The number of hydrogen-bond donors (Lipinski definition) is 0. The zero-order valence-corrected chi connectivity index (χ0v) is 28.9. The summed E-state index contributed by atoms with van der Waals surface area (Å²) in [5.41, 5.74) is 10.5. The Labute approximate surface area is 309 Å². The van der Waals surface area contributed by atoms with Crippen molar-refractivity contribution in [1.29, 1.82) is 0 Å². The van der Waals surface area contributed by atoms with Crippen LogP contribution < -0.4 is 0 Å². The molecule has 5 heteroatoms. The average Bonchev–Trinajstić information content (AvgIpc) is 3.84. The smallest absolute Gasteiger partial charge is 0.164 e. The maximum absolute atomic E-state index is 6.81. The maximum atomic E-state index is 6.81. The molecule has 5 nitrogen and oxygen atoms in total. The van der Waals surface area contributed by atoms with Crippen molar-refractivity contribution in [3.8, 4) is 56.4 Å². The summed E-state index contributed by atoms with van der Waals surface area (Å²) in [5.74, 6) is 1.77. The molecule has 0 saturated heterocycles. The first-order valence-corrected chi connectivity index (χ1v) is 18.0. The zero-order valence-electron chi connectivity index (χ0n) is 28.9. The van der Waals surface area contributed by atoms with Gasteiger partial charge in [-0.15, -0.1) is 0 Å². The van der Waals surface area contributed by atoms with Crippen molar-refractivity contribution in [2.75, 3.05) is 0 Å². The fourth-order valence-corrected chi connectivity index (χ4v) is 7.77. The van der Waals surface area contributed by atoms with Crippen LogP contribution in [0.15, 0.2) is 185 Å². The second kappa shape index (κ2) is 12.1. The molecule has 252 valence electrons. The van der Waals surface area contributed by atoms with Crippen LogP contribution in [0.25, 0.3) is 111 Å². The van der Waals surface area contributed by atoms with Gasteiger partial charge in [-0.2, -0.15) is 0 Å². The lowest BCUT2D eigenvalue weighted by molar-refractivity contribution is 0.665. The number of nitrogens with zero attached hydrogens (tertiary/aromatic N) is 3. The Balaban J connectivity index is 1.16. The molecule has 3 aromatic heterocycles. The molecule has 0 aliphatic heterocycles. The van der Waals surface area contributed by atoms with Gasteiger partial charge in [-0.1, -0.05) is 164 Å². The Morgan fingerprint density at radius 1 is 0.278 bits per heavy atom. The van der Waals surface area contributed by atoms with Crippen molar-refractivity contribution in [2.45, 2.75) is 0 Å². The summed E-state index contributed by atoms with van der Waals surface area (Å²) in [7, 11) is 0. The van der Waals surface area contributed by atoms with Crippen molar-refractivity contribution >= 4 is 54.6 Å². The molecule has 0 N–H and O–H groups in total. The highest BCUT2D eigenvalue weighted by atomic mass is 16.3. The molecule has 0 radical (unpaired) electrons. The van der Waals surface area contributed by atoms with Gasteiger partial charge in [-0.05, 0) is 39.8 Å². The number of fused-ring (bicyclic) bond motifs is 10. The average molecular weight is 692 g/mol. The number of para-hydroxylation sites is 1. The number of hydrogen-bond acceptors (Lipinski definition) is 5. The van der Waals surface area contributed by atoms with Crippen molar-refractivity contribution in [1.82, 2.24) is 15.0 Å². The van der Waals surface area contributed by atoms with Crippen LogP contribution in [0.5, 0.6) is 0 Å². The summed E-state index contributed by atoms with van der Waals surface area (Å²) in [5, 5.41) is 6.04. The molecule has 0 saturated carbocycles. The molecule has 54 heavy (non-hydrogen) atoms. The minimum absolute atomic E-state index is 0.573. The SMILES string of the molecule is c1ccc(-c2ccc(-c3nc(-c4ccc(-c5ccccc5)cc4)nc(-c4cccc5oc6c7c8ccccc8oc7c7ccccc7c6c45)n3)cc2)cc1. The van der Waals surface area contributed by atoms with E-state index in [1.165, 1.54) is 0 Å². The number of furan rings is 2. The summed E-state index contributed by atoms with van der Waals surface area (Å²) < 4.78 is 13.3. The van der Waals surface area contributed by atoms with Gasteiger partial charge in [0, 0.05) is 38.2 Å². The molecule has 0 unspecified atom stereocenters. The highest BCUT2D eigenvalue weighted by Crippen LogP contribution is 2.46. The molecule has 0 bridgehead atoms. The standard InChI is InChI=1S/C49H29N3O2/c1-3-12-30(13-4-1)32-22-26-34(27-23-32)47-50-48(35-28-24-33(25-29-35)31-14-5-2-6-15-31)52-49(51-47)39-19-11-21-41-42(39)43-36-16-7-8-17-37(36)45-44(46(43)54-41)38-18-9-10-20-40(38)53-45/h1-29H. The Kier molecular flexibility index (Phi) is 6.79. The van der Waals surface area contributed by atoms with Gasteiger partial charge < -0.3 is 8.83 Å². The number of rotatable bonds is 5. The summed E-state index contributed by atoms with van der Waals surface area (Å²) in [6, 6.07) is 60.3. The van der Waals surface area contributed by atoms with Crippen LogP contribution in [0.1, 0.15) is 0 Å². The van der Waals surface area contributed by atoms with Gasteiger partial charge in [0.05, 0.1) is 5.39 Å². The summed E-state index contributed by atoms with van der Waals surface area (Å²) in [6.07, 6.45) is 0. The largest absolute Gasteiger partial charge is 0.455 e.